The van der Waals surface area contributed by atoms with Gasteiger partial charge in [-0.1, -0.05) is 0 Å². The van der Waals surface area contributed by atoms with Crippen molar-refractivity contribution in [3.05, 3.63) is 40.7 Å². The van der Waals surface area contributed by atoms with E-state index in [2.05, 4.69) is 41.5 Å². The fraction of sp³-hybridized carbons (Fsp3) is 0.524. The predicted octanol–water partition coefficient (Wildman–Crippen LogP) is 3.01. The molecule has 1 aromatic heterocycles. The number of nitrogens with zero attached hydrogens (tertiary/aromatic N) is 3. The van der Waals surface area contributed by atoms with Crippen LogP contribution in [0.2, 0.25) is 0 Å². The van der Waals surface area contributed by atoms with Crippen LogP contribution in [0.1, 0.15) is 29.4 Å². The van der Waals surface area contributed by atoms with Crippen molar-refractivity contribution in [3.8, 4) is 11.5 Å². The van der Waals surface area contributed by atoms with Crippen molar-refractivity contribution in [1.82, 2.24) is 20.4 Å². The molecule has 162 valence electrons. The highest BCUT2D eigenvalue weighted by Gasteiger charge is 2.14. The van der Waals surface area contributed by atoms with Gasteiger partial charge in [0.1, 0.15) is 11.5 Å². The standard InChI is InChI=1S/C21H33N5O2.HI/c1-14(12-19-15(2)25-26(5)16(19)3)24-21(22-4)23-11-10-17-13-18(27-6)8-9-20(17)28-7;/h8-9,13-14H,10-12H2,1-7H3,(H2,22,23,24);1H. The SMILES string of the molecule is CN=C(NCCc1cc(OC)ccc1OC)NC(C)Cc1c(C)nn(C)c1C.I. The quantitative estimate of drug-likeness (QED) is 0.322. The number of aryl methyl sites for hydroxylation is 2. The van der Waals surface area contributed by atoms with Gasteiger partial charge in [-0.2, -0.15) is 5.10 Å². The van der Waals surface area contributed by atoms with Crippen LogP contribution < -0.4 is 20.1 Å². The highest BCUT2D eigenvalue weighted by Crippen LogP contribution is 2.24. The topological polar surface area (TPSA) is 72.7 Å². The van der Waals surface area contributed by atoms with E-state index in [9.17, 15) is 0 Å². The fourth-order valence-corrected chi connectivity index (χ4v) is 3.29. The molecule has 0 aliphatic carbocycles. The number of ether oxygens (including phenoxy) is 2. The van der Waals surface area contributed by atoms with Crippen molar-refractivity contribution in [2.24, 2.45) is 12.0 Å². The molecule has 0 amide bonds. The van der Waals surface area contributed by atoms with E-state index in [0.29, 0.717) is 0 Å². The molecule has 0 bridgehead atoms. The average molecular weight is 515 g/mol. The van der Waals surface area contributed by atoms with Crippen molar-refractivity contribution < 1.29 is 9.47 Å². The van der Waals surface area contributed by atoms with Crippen molar-refractivity contribution in [1.29, 1.82) is 0 Å². The summed E-state index contributed by atoms with van der Waals surface area (Å²) in [5, 5.41) is 11.3. The molecule has 0 spiro atoms. The van der Waals surface area contributed by atoms with E-state index in [-0.39, 0.29) is 30.0 Å². The van der Waals surface area contributed by atoms with Crippen LogP contribution in [0.3, 0.4) is 0 Å². The fourth-order valence-electron chi connectivity index (χ4n) is 3.29. The maximum Gasteiger partial charge on any atom is 0.191 e. The number of benzene rings is 1. The van der Waals surface area contributed by atoms with Crippen LogP contribution in [-0.4, -0.2) is 49.6 Å². The highest BCUT2D eigenvalue weighted by molar-refractivity contribution is 14.0. The van der Waals surface area contributed by atoms with Gasteiger partial charge in [0, 0.05) is 32.4 Å². The molecule has 2 rings (SSSR count). The zero-order valence-corrected chi connectivity index (χ0v) is 20.8. The van der Waals surface area contributed by atoms with Gasteiger partial charge in [0.25, 0.3) is 0 Å². The Kier molecular flexibility index (Phi) is 10.3. The molecule has 0 saturated carbocycles. The maximum atomic E-state index is 5.45. The predicted molar refractivity (Wildman–Crippen MR) is 129 cm³/mol. The summed E-state index contributed by atoms with van der Waals surface area (Å²) in [6, 6.07) is 6.08. The van der Waals surface area contributed by atoms with E-state index < -0.39 is 0 Å². The summed E-state index contributed by atoms with van der Waals surface area (Å²) in [5.41, 5.74) is 4.68. The molecule has 0 fully saturated rings. The Hall–Kier alpha value is -1.97. The summed E-state index contributed by atoms with van der Waals surface area (Å²) in [4.78, 5) is 4.34. The number of methoxy groups -OCH3 is 2. The summed E-state index contributed by atoms with van der Waals surface area (Å²) in [6.07, 6.45) is 1.70. The Morgan fingerprint density at radius 1 is 1.24 bits per heavy atom. The lowest BCUT2D eigenvalue weighted by molar-refractivity contribution is 0.398. The van der Waals surface area contributed by atoms with Gasteiger partial charge in [-0.25, -0.2) is 0 Å². The van der Waals surface area contributed by atoms with Gasteiger partial charge in [0.15, 0.2) is 5.96 Å². The number of hydrogen-bond donors (Lipinski definition) is 2. The molecular formula is C21H34IN5O2. The Morgan fingerprint density at radius 2 is 1.97 bits per heavy atom. The molecule has 1 unspecified atom stereocenters. The first-order chi connectivity index (χ1) is 13.4. The second-order valence-corrected chi connectivity index (χ2v) is 6.95. The van der Waals surface area contributed by atoms with Crippen molar-refractivity contribution >= 4 is 29.9 Å². The molecule has 0 saturated heterocycles. The molecule has 7 nitrogen and oxygen atoms in total. The van der Waals surface area contributed by atoms with Gasteiger partial charge in [-0.3, -0.25) is 9.67 Å². The van der Waals surface area contributed by atoms with Crippen LogP contribution in [0.5, 0.6) is 11.5 Å². The Labute approximate surface area is 191 Å². The van der Waals surface area contributed by atoms with Gasteiger partial charge in [-0.05, 0) is 62.9 Å². The lowest BCUT2D eigenvalue weighted by Gasteiger charge is -2.18. The molecule has 0 radical (unpaired) electrons. The zero-order valence-electron chi connectivity index (χ0n) is 18.5. The minimum absolute atomic E-state index is 0. The minimum Gasteiger partial charge on any atom is -0.497 e. The third-order valence-corrected chi connectivity index (χ3v) is 4.95. The smallest absolute Gasteiger partial charge is 0.191 e. The van der Waals surface area contributed by atoms with Crippen molar-refractivity contribution in [2.45, 2.75) is 39.7 Å². The first-order valence-electron chi connectivity index (χ1n) is 9.56. The highest BCUT2D eigenvalue weighted by atomic mass is 127. The number of nitrogens with one attached hydrogen (secondary N) is 2. The lowest BCUT2D eigenvalue weighted by atomic mass is 10.1. The maximum absolute atomic E-state index is 5.45. The number of guanidine groups is 1. The first kappa shape index (κ1) is 25.1. The summed E-state index contributed by atoms with van der Waals surface area (Å²) in [7, 11) is 7.12. The summed E-state index contributed by atoms with van der Waals surface area (Å²) in [5.74, 6) is 2.48. The molecule has 0 aliphatic heterocycles. The molecule has 2 aromatic rings. The van der Waals surface area contributed by atoms with Crippen LogP contribution in [-0.2, 0) is 19.9 Å². The summed E-state index contributed by atoms with van der Waals surface area (Å²) in [6.45, 7) is 7.06. The second-order valence-electron chi connectivity index (χ2n) is 6.95. The van der Waals surface area contributed by atoms with Gasteiger partial charge in [-0.15, -0.1) is 24.0 Å². The third-order valence-electron chi connectivity index (χ3n) is 4.95. The normalized spacial score (nSPS) is 12.2. The Bertz CT molecular complexity index is 820. The van der Waals surface area contributed by atoms with E-state index in [0.717, 1.165) is 48.1 Å². The van der Waals surface area contributed by atoms with E-state index in [1.165, 1.54) is 11.3 Å². The number of aromatic nitrogens is 2. The molecule has 8 heteroatoms. The summed E-state index contributed by atoms with van der Waals surface area (Å²) < 4.78 is 12.7. The molecular weight excluding hydrogens is 481 g/mol. The van der Waals surface area contributed by atoms with Crippen LogP contribution in [0.25, 0.3) is 0 Å². The molecule has 29 heavy (non-hydrogen) atoms. The lowest BCUT2D eigenvalue weighted by Crippen LogP contribution is -2.43. The van der Waals surface area contributed by atoms with Gasteiger partial charge in [0.2, 0.25) is 0 Å². The first-order valence-corrected chi connectivity index (χ1v) is 9.56. The van der Waals surface area contributed by atoms with E-state index in [1.54, 1.807) is 21.3 Å². The van der Waals surface area contributed by atoms with Crippen molar-refractivity contribution in [2.75, 3.05) is 27.8 Å². The number of hydrogen-bond acceptors (Lipinski definition) is 4. The van der Waals surface area contributed by atoms with Gasteiger partial charge in [0.05, 0.1) is 19.9 Å². The Balaban J connectivity index is 0.00000420. The third kappa shape index (κ3) is 6.80. The number of rotatable bonds is 8. The van der Waals surface area contributed by atoms with E-state index in [1.807, 2.05) is 29.9 Å². The largest absolute Gasteiger partial charge is 0.497 e. The molecule has 1 heterocycles. The van der Waals surface area contributed by atoms with Crippen LogP contribution in [0.15, 0.2) is 23.2 Å². The van der Waals surface area contributed by atoms with Gasteiger partial charge < -0.3 is 20.1 Å². The molecule has 1 atom stereocenters. The summed E-state index contributed by atoms with van der Waals surface area (Å²) >= 11 is 0. The van der Waals surface area contributed by atoms with Gasteiger partial charge >= 0.3 is 0 Å². The molecule has 2 N–H and O–H groups in total. The average Bonchev–Trinajstić information content (AvgIpc) is 2.92. The minimum atomic E-state index is 0. The molecule has 1 aromatic carbocycles. The van der Waals surface area contributed by atoms with E-state index in [4.69, 9.17) is 9.47 Å². The number of aliphatic imine (C=N–C) groups is 1. The van der Waals surface area contributed by atoms with Crippen LogP contribution in [0, 0.1) is 13.8 Å². The van der Waals surface area contributed by atoms with E-state index >= 15 is 0 Å². The second kappa shape index (κ2) is 11.9. The zero-order chi connectivity index (χ0) is 20.7. The monoisotopic (exact) mass is 515 g/mol. The van der Waals surface area contributed by atoms with Crippen LogP contribution >= 0.6 is 24.0 Å². The number of halogens is 1. The van der Waals surface area contributed by atoms with Crippen LogP contribution in [0.4, 0.5) is 0 Å². The Morgan fingerprint density at radius 3 is 2.52 bits per heavy atom. The van der Waals surface area contributed by atoms with Crippen molar-refractivity contribution in [3.63, 3.8) is 0 Å². The molecule has 0 aliphatic rings.